The average molecular weight is 454 g/mol. The number of Topliss-reactive ketones (excluding diaryl/α,β-unsaturated/α-hetero) is 1. The van der Waals surface area contributed by atoms with Crippen LogP contribution in [-0.4, -0.2) is 10.4 Å². The maximum atomic E-state index is 13.3. The van der Waals surface area contributed by atoms with Crippen molar-refractivity contribution in [3.05, 3.63) is 112 Å². The summed E-state index contributed by atoms with van der Waals surface area (Å²) in [6, 6.07) is 31.6. The molecule has 0 spiro atoms. The zero-order valence-electron chi connectivity index (χ0n) is 17.8. The summed E-state index contributed by atoms with van der Waals surface area (Å²) in [6.45, 7) is 0. The van der Waals surface area contributed by atoms with Crippen molar-refractivity contribution in [2.75, 3.05) is 0 Å². The first kappa shape index (κ1) is 19.9. The van der Waals surface area contributed by atoms with Crippen molar-refractivity contribution in [3.63, 3.8) is 0 Å². The minimum absolute atomic E-state index is 0.0510. The van der Waals surface area contributed by atoms with Gasteiger partial charge in [-0.3, -0.25) is 4.79 Å². The molecule has 0 bridgehead atoms. The number of rotatable bonds is 2. The lowest BCUT2D eigenvalue weighted by Gasteiger charge is -2.06. The summed E-state index contributed by atoms with van der Waals surface area (Å²) in [4.78, 5) is 15.3. The van der Waals surface area contributed by atoms with Gasteiger partial charge in [0, 0.05) is 38.0 Å². The van der Waals surface area contributed by atoms with Gasteiger partial charge in [-0.05, 0) is 35.9 Å². The van der Waals surface area contributed by atoms with Crippen LogP contribution in [0.4, 0.5) is 0 Å². The second kappa shape index (κ2) is 7.71. The smallest absolute Gasteiger partial charge is 0.194 e. The number of thiophene rings is 1. The molecule has 0 saturated carbocycles. The van der Waals surface area contributed by atoms with E-state index in [1.54, 1.807) is 29.5 Å². The summed E-state index contributed by atoms with van der Waals surface area (Å²) in [7, 11) is 0. The van der Waals surface area contributed by atoms with Crippen LogP contribution < -0.4 is 0 Å². The van der Waals surface area contributed by atoms with Gasteiger partial charge in [-0.2, -0.15) is 10.5 Å². The molecule has 5 aromatic rings. The zero-order chi connectivity index (χ0) is 23.2. The van der Waals surface area contributed by atoms with Gasteiger partial charge < -0.3 is 4.57 Å². The van der Waals surface area contributed by atoms with E-state index in [2.05, 4.69) is 34.9 Å². The van der Waals surface area contributed by atoms with Gasteiger partial charge in [0.15, 0.2) is 5.78 Å². The number of nitrogens with zero attached hydrogens (tertiary/aromatic N) is 3. The third-order valence-electron chi connectivity index (χ3n) is 6.10. The van der Waals surface area contributed by atoms with E-state index < -0.39 is 0 Å². The summed E-state index contributed by atoms with van der Waals surface area (Å²) >= 11 is 1.59. The van der Waals surface area contributed by atoms with E-state index in [9.17, 15) is 15.3 Å². The van der Waals surface area contributed by atoms with Crippen LogP contribution in [0, 0.1) is 22.7 Å². The molecule has 0 fully saturated rings. The molecule has 5 heteroatoms. The van der Waals surface area contributed by atoms with Gasteiger partial charge in [0.1, 0.15) is 22.5 Å². The highest BCUT2D eigenvalue weighted by molar-refractivity contribution is 7.19. The third kappa shape index (κ3) is 2.85. The lowest BCUT2D eigenvalue weighted by Crippen LogP contribution is -1.95. The summed E-state index contributed by atoms with van der Waals surface area (Å²) in [6.07, 6.45) is 1.82. The SMILES string of the molecule is N#CC(C#N)=C1/C(=C/c2cc3c4ccccc4n(-c4ccccc4)c3s2)C(=O)c2ccccc21. The van der Waals surface area contributed by atoms with Crippen LogP contribution in [0.25, 0.3) is 38.5 Å². The van der Waals surface area contributed by atoms with Gasteiger partial charge >= 0.3 is 0 Å². The molecule has 4 nitrogen and oxygen atoms in total. The second-order valence-electron chi connectivity index (χ2n) is 7.96. The Kier molecular flexibility index (Phi) is 4.52. The van der Waals surface area contributed by atoms with Crippen molar-refractivity contribution in [1.82, 2.24) is 4.57 Å². The zero-order valence-corrected chi connectivity index (χ0v) is 18.6. The fourth-order valence-electron chi connectivity index (χ4n) is 4.66. The number of allylic oxidation sites excluding steroid dienone is 3. The molecule has 3 aromatic carbocycles. The summed E-state index contributed by atoms with van der Waals surface area (Å²) < 4.78 is 2.23. The van der Waals surface area contributed by atoms with Crippen molar-refractivity contribution >= 4 is 49.9 Å². The Hall–Kier alpha value is -4.71. The fraction of sp³-hybridized carbons (Fsp3) is 0. The maximum Gasteiger partial charge on any atom is 0.194 e. The van der Waals surface area contributed by atoms with Gasteiger partial charge in [0.05, 0.1) is 5.52 Å². The van der Waals surface area contributed by atoms with Gasteiger partial charge in [-0.15, -0.1) is 11.3 Å². The van der Waals surface area contributed by atoms with Crippen molar-refractivity contribution < 1.29 is 4.79 Å². The van der Waals surface area contributed by atoms with E-state index >= 15 is 0 Å². The van der Waals surface area contributed by atoms with Crippen molar-refractivity contribution in [2.45, 2.75) is 0 Å². The number of fused-ring (bicyclic) bond motifs is 4. The number of carbonyl (C=O) groups is 1. The van der Waals surface area contributed by atoms with Gasteiger partial charge in [0.25, 0.3) is 0 Å². The van der Waals surface area contributed by atoms with E-state index in [0.717, 1.165) is 31.7 Å². The van der Waals surface area contributed by atoms with E-state index in [4.69, 9.17) is 0 Å². The van der Waals surface area contributed by atoms with E-state index in [1.807, 2.05) is 54.6 Å². The second-order valence-corrected chi connectivity index (χ2v) is 9.02. The Morgan fingerprint density at radius 3 is 2.26 bits per heavy atom. The quantitative estimate of drug-likeness (QED) is 0.215. The van der Waals surface area contributed by atoms with Crippen LogP contribution in [0.3, 0.4) is 0 Å². The molecule has 2 heterocycles. The topological polar surface area (TPSA) is 69.6 Å². The van der Waals surface area contributed by atoms with Gasteiger partial charge in [-0.1, -0.05) is 60.7 Å². The molecule has 0 N–H and O–H groups in total. The van der Waals surface area contributed by atoms with E-state index in [0.29, 0.717) is 22.3 Å². The van der Waals surface area contributed by atoms with Crippen LogP contribution >= 0.6 is 11.3 Å². The predicted octanol–water partition coefficient (Wildman–Crippen LogP) is 6.93. The molecule has 158 valence electrons. The summed E-state index contributed by atoms with van der Waals surface area (Å²) in [5, 5.41) is 21.4. The highest BCUT2D eigenvalue weighted by atomic mass is 32.1. The standard InChI is InChI=1S/C29H15N3OS/c30-16-18(17-31)27-22-11-4-5-12-23(22)28(33)25(27)15-20-14-24-21-10-6-7-13-26(21)32(29(24)34-20)19-8-2-1-3-9-19/h1-15H/b25-15-. The van der Waals surface area contributed by atoms with E-state index in [1.165, 1.54) is 0 Å². The molecule has 0 atom stereocenters. The molecule has 1 aliphatic carbocycles. The number of benzene rings is 3. The first-order chi connectivity index (χ1) is 16.7. The van der Waals surface area contributed by atoms with Crippen molar-refractivity contribution in [2.24, 2.45) is 0 Å². The fourth-order valence-corrected chi connectivity index (χ4v) is 5.81. The third-order valence-corrected chi connectivity index (χ3v) is 7.17. The number of aromatic nitrogens is 1. The van der Waals surface area contributed by atoms with E-state index in [-0.39, 0.29) is 11.4 Å². The molecule has 0 amide bonds. The molecule has 34 heavy (non-hydrogen) atoms. The molecule has 0 aliphatic heterocycles. The lowest BCUT2D eigenvalue weighted by molar-refractivity contribution is 0.104. The summed E-state index contributed by atoms with van der Waals surface area (Å²) in [5.41, 5.74) is 4.10. The normalized spacial score (nSPS) is 13.9. The monoisotopic (exact) mass is 453 g/mol. The van der Waals surface area contributed by atoms with Crippen LogP contribution in [-0.2, 0) is 0 Å². The molecular weight excluding hydrogens is 438 g/mol. The van der Waals surface area contributed by atoms with Crippen LogP contribution in [0.2, 0.25) is 0 Å². The number of carbonyl (C=O) groups excluding carboxylic acids is 1. The first-order valence-electron chi connectivity index (χ1n) is 10.7. The summed E-state index contributed by atoms with van der Waals surface area (Å²) in [5.74, 6) is -0.164. The Bertz CT molecular complexity index is 1770. The number of nitriles is 2. The molecule has 2 aromatic heterocycles. The minimum atomic E-state index is -0.164. The van der Waals surface area contributed by atoms with Crippen LogP contribution in [0.5, 0.6) is 0 Å². The van der Waals surface area contributed by atoms with Crippen LogP contribution in [0.1, 0.15) is 20.8 Å². The predicted molar refractivity (Wildman–Crippen MR) is 136 cm³/mol. The minimum Gasteiger partial charge on any atom is -0.301 e. The average Bonchev–Trinajstić information content (AvgIpc) is 3.51. The molecule has 0 saturated heterocycles. The Labute approximate surface area is 199 Å². The molecule has 0 unspecified atom stereocenters. The highest BCUT2D eigenvalue weighted by Gasteiger charge is 2.32. The lowest BCUT2D eigenvalue weighted by atomic mass is 9.99. The Morgan fingerprint density at radius 2 is 1.50 bits per heavy atom. The Morgan fingerprint density at radius 1 is 0.824 bits per heavy atom. The largest absolute Gasteiger partial charge is 0.301 e. The van der Waals surface area contributed by atoms with Crippen LogP contribution in [0.15, 0.2) is 96.1 Å². The van der Waals surface area contributed by atoms with Crippen molar-refractivity contribution in [1.29, 1.82) is 10.5 Å². The van der Waals surface area contributed by atoms with Crippen molar-refractivity contribution in [3.8, 4) is 17.8 Å². The number of hydrogen-bond donors (Lipinski definition) is 0. The number of hydrogen-bond acceptors (Lipinski definition) is 4. The van der Waals surface area contributed by atoms with Gasteiger partial charge in [-0.25, -0.2) is 0 Å². The first-order valence-corrected chi connectivity index (χ1v) is 11.5. The molecular formula is C29H15N3OS. The number of para-hydroxylation sites is 2. The molecule has 6 rings (SSSR count). The van der Waals surface area contributed by atoms with Gasteiger partial charge in [0.2, 0.25) is 0 Å². The highest BCUT2D eigenvalue weighted by Crippen LogP contribution is 2.42. The number of ketones is 1. The molecule has 1 aliphatic rings. The molecule has 0 radical (unpaired) electrons. The maximum absolute atomic E-state index is 13.3. The Balaban J connectivity index is 1.61.